The van der Waals surface area contributed by atoms with Crippen LogP contribution in [-0.2, 0) is 14.8 Å². The smallest absolute Gasteiger partial charge is 0.206 e. The zero-order chi connectivity index (χ0) is 43.8. The van der Waals surface area contributed by atoms with Crippen molar-refractivity contribution in [1.82, 2.24) is 0 Å². The van der Waals surface area contributed by atoms with E-state index < -0.39 is 84.7 Å². The Morgan fingerprint density at radius 2 is 0.686 bits per heavy atom. The quantitative estimate of drug-likeness (QED) is 0.171. The van der Waals surface area contributed by atoms with E-state index in [0.717, 1.165) is 0 Å². The molecule has 31 heteroatoms. The second kappa shape index (κ2) is 26.2. The highest BCUT2D eigenvalue weighted by Crippen LogP contribution is 2.51. The average Bonchev–Trinajstić information content (AvgIpc) is 3.01. The summed E-state index contributed by atoms with van der Waals surface area (Å²) in [6, 6.07) is 0. The van der Waals surface area contributed by atoms with E-state index in [2.05, 4.69) is 39.5 Å². The molecule has 1 unspecified atom stereocenters. The van der Waals surface area contributed by atoms with E-state index in [1.165, 1.54) is 9.88 Å². The van der Waals surface area contributed by atoms with E-state index >= 15 is 0 Å². The summed E-state index contributed by atoms with van der Waals surface area (Å²) in [4.78, 5) is 4.59. The zero-order valence-corrected chi connectivity index (χ0v) is 23.3. The highest BCUT2D eigenvalue weighted by atomic mass is 19.5. The average molecular weight is 834 g/mol. The summed E-state index contributed by atoms with van der Waals surface area (Å²) < 4.78 is 315. The third-order valence-electron chi connectivity index (χ3n) is 2.90. The Bertz CT molecular complexity index is 1020. The number of hydrogen-bond acceptors (Lipinski definition) is 3. The summed E-state index contributed by atoms with van der Waals surface area (Å²) in [6.07, 6.45) is -35.4. The molecule has 0 fully saturated rings. The van der Waals surface area contributed by atoms with Gasteiger partial charge in [0.1, 0.15) is 0 Å². The van der Waals surface area contributed by atoms with Crippen LogP contribution in [0.15, 0.2) is 75.2 Å². The first-order valence-electron chi connectivity index (χ1n) is 10.0. The summed E-state index contributed by atoms with van der Waals surface area (Å²) in [5.41, 5.74) is 0. The molecular weight excluding hydrogens is 820 g/mol. The van der Waals surface area contributed by atoms with Gasteiger partial charge in [0.25, 0.3) is 0 Å². The van der Waals surface area contributed by atoms with Crippen LogP contribution in [0, 0.1) is 0 Å². The van der Waals surface area contributed by atoms with Crippen molar-refractivity contribution in [2.45, 2.75) is 48.9 Å². The lowest BCUT2D eigenvalue weighted by Gasteiger charge is -2.29. The van der Waals surface area contributed by atoms with Gasteiger partial charge in [-0.25, -0.2) is 4.39 Å². The third-order valence-corrected chi connectivity index (χ3v) is 2.90. The molecule has 0 aliphatic rings. The van der Waals surface area contributed by atoms with Crippen molar-refractivity contribution in [2.24, 2.45) is 0 Å². The molecular formula is C20H14F28O3. The van der Waals surface area contributed by atoms with E-state index in [1.807, 2.05) is 4.94 Å². The van der Waals surface area contributed by atoms with Crippen LogP contribution in [0.1, 0.15) is 6.42 Å². The van der Waals surface area contributed by atoms with Gasteiger partial charge in [-0.2, -0.15) is 87.8 Å². The molecule has 51 heavy (non-hydrogen) atoms. The largest absolute Gasteiger partial charge is 0.559 e. The first-order chi connectivity index (χ1) is 22.5. The van der Waals surface area contributed by atoms with Crippen LogP contribution < -0.4 is 0 Å². The fraction of sp³-hybridized carbons (Fsp3) is 0.400. The molecule has 3 nitrogen and oxygen atoms in total. The van der Waals surface area contributed by atoms with E-state index in [-0.39, 0.29) is 0 Å². The molecule has 0 aromatic heterocycles. The molecule has 0 rings (SSSR count). The Morgan fingerprint density at radius 3 is 0.863 bits per heavy atom. The summed E-state index contributed by atoms with van der Waals surface area (Å²) in [7, 11) is 0. The Labute approximate surface area is 263 Å². The molecule has 0 saturated carbocycles. The van der Waals surface area contributed by atoms with Crippen molar-refractivity contribution in [3.63, 3.8) is 0 Å². The van der Waals surface area contributed by atoms with Gasteiger partial charge < -0.3 is 0 Å². The molecule has 0 heterocycles. The van der Waals surface area contributed by atoms with Crippen LogP contribution in [0.25, 0.3) is 0 Å². The number of alkyl halides is 16. The lowest BCUT2D eigenvalue weighted by atomic mass is 10.1. The van der Waals surface area contributed by atoms with E-state index in [9.17, 15) is 123 Å². The fourth-order valence-electron chi connectivity index (χ4n) is 1.10. The van der Waals surface area contributed by atoms with Gasteiger partial charge in [-0.05, 0) is 13.6 Å². The summed E-state index contributed by atoms with van der Waals surface area (Å²) in [6.45, 7) is 18.0. The molecule has 1 atom stereocenters. The predicted molar refractivity (Wildman–Crippen MR) is 113 cm³/mol. The van der Waals surface area contributed by atoms with Gasteiger partial charge in [-0.15, -0.1) is 71.9 Å². The lowest BCUT2D eigenvalue weighted by molar-refractivity contribution is -0.451. The third kappa shape index (κ3) is 24.2. The van der Waals surface area contributed by atoms with Crippen LogP contribution in [0.5, 0.6) is 0 Å². The van der Waals surface area contributed by atoms with Gasteiger partial charge in [0, 0.05) is 0 Å². The maximum atomic E-state index is 12.3. The van der Waals surface area contributed by atoms with E-state index in [1.54, 1.807) is 0 Å². The highest BCUT2D eigenvalue weighted by molar-refractivity contribution is 5.13. The predicted octanol–water partition coefficient (Wildman–Crippen LogP) is 13.9. The molecule has 308 valence electrons. The molecule has 0 bridgehead atoms. The minimum absolute atomic E-state index is 1.29. The van der Waals surface area contributed by atoms with Gasteiger partial charge in [-0.3, -0.25) is 0 Å². The molecule has 0 saturated heterocycles. The SMILES string of the molecule is C=C.C=C.C=C.FC(F)(F)F.FOC(F)(C(F)(F)F)C(F)(F)C(F)=C(F)F.FOC(F)(F)C(F)(F)C(F)=C(F)F.FOC(F)(F)CC(F)=C(F)F. The summed E-state index contributed by atoms with van der Waals surface area (Å²) in [5.74, 6) is -29.3. The molecule has 0 N–H and O–H groups in total. The monoisotopic (exact) mass is 834 g/mol. The maximum absolute atomic E-state index is 12.3. The summed E-state index contributed by atoms with van der Waals surface area (Å²) in [5, 5.41) is 0. The standard InChI is InChI=1S/C5F10O.C4F8O.C4H2F6O.3C2H4.CF4/c6-1(2(7)8)3(9,10)4(11,16-15)5(12,13)14;5-1(2(6)7)3(8,9)4(10,11)13-12;5-2(3(6)7)1-4(8,9)11-10;3*1-2;2-1(3,4)5/h;;1H2;3*1-2H2;. The van der Waals surface area contributed by atoms with Crippen LogP contribution in [-0.4, -0.2) is 42.5 Å². The van der Waals surface area contributed by atoms with Crippen molar-refractivity contribution in [2.75, 3.05) is 0 Å². The lowest BCUT2D eigenvalue weighted by Crippen LogP contribution is -2.56. The van der Waals surface area contributed by atoms with Crippen molar-refractivity contribution in [1.29, 1.82) is 0 Å². The molecule has 0 radical (unpaired) electrons. The maximum Gasteiger partial charge on any atom is 0.559 e. The second-order valence-corrected chi connectivity index (χ2v) is 6.05. The molecule has 0 aromatic carbocycles. The molecule has 0 aliphatic heterocycles. The van der Waals surface area contributed by atoms with Crippen LogP contribution in [0.2, 0.25) is 0 Å². The van der Waals surface area contributed by atoms with Crippen molar-refractivity contribution in [3.8, 4) is 0 Å². The van der Waals surface area contributed by atoms with Crippen LogP contribution in [0.3, 0.4) is 0 Å². The number of halogens is 28. The molecule has 0 aromatic rings. The van der Waals surface area contributed by atoms with Crippen molar-refractivity contribution < 1.29 is 138 Å². The number of hydrogen-bond donors (Lipinski definition) is 0. The Balaban J connectivity index is -0.000000101. The normalized spacial score (nSPS) is 12.5. The van der Waals surface area contributed by atoms with Crippen LogP contribution >= 0.6 is 0 Å². The Hall–Kier alpha value is -3.64. The van der Waals surface area contributed by atoms with Gasteiger partial charge in [0.2, 0.25) is 11.7 Å². The van der Waals surface area contributed by atoms with Crippen LogP contribution in [0.4, 0.5) is 123 Å². The van der Waals surface area contributed by atoms with Crippen molar-refractivity contribution >= 4 is 0 Å². The minimum Gasteiger partial charge on any atom is -0.206 e. The first kappa shape index (κ1) is 62.5. The van der Waals surface area contributed by atoms with Gasteiger partial charge >= 0.3 is 60.8 Å². The molecule has 0 aliphatic carbocycles. The molecule has 0 spiro atoms. The van der Waals surface area contributed by atoms with Gasteiger partial charge in [-0.1, -0.05) is 0 Å². The summed E-state index contributed by atoms with van der Waals surface area (Å²) >= 11 is 0. The highest BCUT2D eigenvalue weighted by Gasteiger charge is 2.77. The van der Waals surface area contributed by atoms with Gasteiger partial charge in [0.05, 0.1) is 6.42 Å². The first-order valence-corrected chi connectivity index (χ1v) is 10.0. The Morgan fingerprint density at radius 1 is 0.412 bits per heavy atom. The minimum atomic E-state index is -6.77. The van der Waals surface area contributed by atoms with Gasteiger partial charge in [0.15, 0.2) is 5.83 Å². The van der Waals surface area contributed by atoms with Crippen molar-refractivity contribution in [3.05, 3.63) is 75.2 Å². The topological polar surface area (TPSA) is 27.7 Å². The second-order valence-electron chi connectivity index (χ2n) is 6.05. The molecule has 0 amide bonds. The fourth-order valence-corrected chi connectivity index (χ4v) is 1.10. The van der Waals surface area contributed by atoms with E-state index in [0.29, 0.717) is 0 Å². The Kier molecular flexibility index (Phi) is 32.1. The van der Waals surface area contributed by atoms with E-state index in [4.69, 9.17) is 0 Å². The zero-order valence-electron chi connectivity index (χ0n) is 23.3. The number of rotatable bonds is 9.